The van der Waals surface area contributed by atoms with Crippen molar-refractivity contribution in [3.8, 4) is 0 Å². The van der Waals surface area contributed by atoms with Crippen LogP contribution in [0.25, 0.3) is 0 Å². The maximum Gasteiger partial charge on any atom is 0.469 e. The molecule has 0 heterocycles. The average Bonchev–Trinajstić information content (AvgIpc) is 2.25. The molecule has 0 rings (SSSR count). The number of halogens is 3. The minimum absolute atomic E-state index is 0.0572. The van der Waals surface area contributed by atoms with E-state index in [1.807, 2.05) is 13.8 Å². The first-order chi connectivity index (χ1) is 7.72. The summed E-state index contributed by atoms with van der Waals surface area (Å²) in [5.74, 6) is 0.940. The lowest BCUT2D eigenvalue weighted by molar-refractivity contribution is 0.165. The predicted molar refractivity (Wildman–Crippen MR) is 70.9 cm³/mol. The van der Waals surface area contributed by atoms with Crippen molar-refractivity contribution in [2.24, 2.45) is 17.8 Å². The van der Waals surface area contributed by atoms with E-state index >= 15 is 0 Å². The molecule has 17 heavy (non-hydrogen) atoms. The van der Waals surface area contributed by atoms with Crippen LogP contribution >= 0.6 is 42.6 Å². The van der Waals surface area contributed by atoms with Gasteiger partial charge in [-0.1, -0.05) is 13.8 Å². The van der Waals surface area contributed by atoms with E-state index in [0.717, 1.165) is 0 Å². The second-order valence-corrected chi connectivity index (χ2v) is 6.56. The zero-order valence-electron chi connectivity index (χ0n) is 9.72. The van der Waals surface area contributed by atoms with Gasteiger partial charge in [0.05, 0.1) is 12.0 Å². The fraction of sp³-hybridized carbons (Fsp3) is 1.00. The number of phosphoric ester groups is 1. The molecule has 8 heteroatoms. The zero-order chi connectivity index (χ0) is 13.6. The summed E-state index contributed by atoms with van der Waals surface area (Å²) >= 11 is 17.7. The molecule has 104 valence electrons. The van der Waals surface area contributed by atoms with Crippen LogP contribution in [0.15, 0.2) is 0 Å². The highest BCUT2D eigenvalue weighted by Gasteiger charge is 2.31. The standard InChI is InChI=1S/C9H18Cl3O4P/c1-6(3-10)9(7(2)4-11)8(12)5-16-17(13,14)15/h6-9H,3-5H2,1-2H3,(H2,13,14,15). The third-order valence-electron chi connectivity index (χ3n) is 2.62. The van der Waals surface area contributed by atoms with Crippen molar-refractivity contribution in [1.29, 1.82) is 0 Å². The van der Waals surface area contributed by atoms with Gasteiger partial charge in [-0.05, 0) is 17.8 Å². The van der Waals surface area contributed by atoms with E-state index in [9.17, 15) is 4.57 Å². The van der Waals surface area contributed by atoms with Gasteiger partial charge in [-0.3, -0.25) is 4.52 Å². The van der Waals surface area contributed by atoms with Crippen LogP contribution in [0.5, 0.6) is 0 Å². The van der Waals surface area contributed by atoms with Crippen molar-refractivity contribution in [2.45, 2.75) is 19.2 Å². The lowest BCUT2D eigenvalue weighted by Crippen LogP contribution is -2.33. The average molecular weight is 328 g/mol. The Hall–Kier alpha value is 0.980. The summed E-state index contributed by atoms with van der Waals surface area (Å²) in [6.07, 6.45) is 0. The van der Waals surface area contributed by atoms with Crippen LogP contribution in [-0.4, -0.2) is 33.5 Å². The first-order valence-electron chi connectivity index (χ1n) is 5.19. The van der Waals surface area contributed by atoms with Gasteiger partial charge in [0.15, 0.2) is 0 Å². The Morgan fingerprint density at radius 1 is 1.18 bits per heavy atom. The summed E-state index contributed by atoms with van der Waals surface area (Å²) in [6, 6.07) is 0. The molecule has 0 aliphatic heterocycles. The zero-order valence-corrected chi connectivity index (χ0v) is 12.9. The molecule has 0 aliphatic rings. The Balaban J connectivity index is 4.53. The Labute approximate surface area is 117 Å². The minimum atomic E-state index is -4.49. The van der Waals surface area contributed by atoms with Gasteiger partial charge in [0.1, 0.15) is 0 Å². The molecule has 0 spiro atoms. The maximum atomic E-state index is 10.6. The van der Waals surface area contributed by atoms with Crippen LogP contribution in [-0.2, 0) is 9.09 Å². The predicted octanol–water partition coefficient (Wildman–Crippen LogP) is 3.07. The van der Waals surface area contributed by atoms with Crippen molar-refractivity contribution >= 4 is 42.6 Å². The minimum Gasteiger partial charge on any atom is -0.303 e. The van der Waals surface area contributed by atoms with Crippen LogP contribution < -0.4 is 0 Å². The smallest absolute Gasteiger partial charge is 0.303 e. The number of hydrogen-bond donors (Lipinski definition) is 2. The molecule has 0 aliphatic carbocycles. The summed E-state index contributed by atoms with van der Waals surface area (Å²) in [6.45, 7) is 3.63. The molecule has 0 amide bonds. The quantitative estimate of drug-likeness (QED) is 0.531. The summed E-state index contributed by atoms with van der Waals surface area (Å²) in [4.78, 5) is 17.2. The van der Waals surface area contributed by atoms with Gasteiger partial charge in [-0.25, -0.2) is 4.57 Å². The van der Waals surface area contributed by atoms with Gasteiger partial charge in [0, 0.05) is 11.8 Å². The second-order valence-electron chi connectivity index (χ2n) is 4.14. The van der Waals surface area contributed by atoms with Gasteiger partial charge < -0.3 is 9.79 Å². The van der Waals surface area contributed by atoms with E-state index in [4.69, 9.17) is 44.6 Å². The molecule has 0 bridgehead atoms. The maximum absolute atomic E-state index is 10.6. The van der Waals surface area contributed by atoms with Gasteiger partial charge in [-0.2, -0.15) is 0 Å². The normalized spacial score (nSPS) is 19.7. The fourth-order valence-electron chi connectivity index (χ4n) is 1.76. The van der Waals surface area contributed by atoms with Crippen LogP contribution in [0.1, 0.15) is 13.8 Å². The van der Waals surface area contributed by atoms with Gasteiger partial charge in [0.2, 0.25) is 0 Å². The van der Waals surface area contributed by atoms with Crippen molar-refractivity contribution in [1.82, 2.24) is 0 Å². The molecule has 0 aromatic carbocycles. The molecule has 0 radical (unpaired) electrons. The monoisotopic (exact) mass is 326 g/mol. The van der Waals surface area contributed by atoms with E-state index in [1.165, 1.54) is 0 Å². The first kappa shape index (κ1) is 18.0. The third-order valence-corrected chi connectivity index (χ3v) is 4.50. The van der Waals surface area contributed by atoms with Crippen molar-refractivity contribution in [3.63, 3.8) is 0 Å². The van der Waals surface area contributed by atoms with E-state index in [1.54, 1.807) is 0 Å². The topological polar surface area (TPSA) is 66.8 Å². The molecule has 3 unspecified atom stereocenters. The van der Waals surface area contributed by atoms with Gasteiger partial charge >= 0.3 is 7.82 Å². The molecule has 0 aromatic heterocycles. The van der Waals surface area contributed by atoms with Crippen LogP contribution in [0, 0.1) is 17.8 Å². The number of hydrogen-bond acceptors (Lipinski definition) is 2. The van der Waals surface area contributed by atoms with Crippen LogP contribution in [0.2, 0.25) is 0 Å². The van der Waals surface area contributed by atoms with Gasteiger partial charge in [-0.15, -0.1) is 34.8 Å². The highest BCUT2D eigenvalue weighted by molar-refractivity contribution is 7.46. The van der Waals surface area contributed by atoms with E-state index in [2.05, 4.69) is 4.52 Å². The summed E-state index contributed by atoms with van der Waals surface area (Å²) < 4.78 is 15.0. The Kier molecular flexibility index (Phi) is 8.68. The number of rotatable bonds is 8. The molecule has 0 saturated heterocycles. The van der Waals surface area contributed by atoms with Crippen LogP contribution in [0.4, 0.5) is 0 Å². The Morgan fingerprint density at radius 3 is 1.88 bits per heavy atom. The largest absolute Gasteiger partial charge is 0.469 e. The summed E-state index contributed by atoms with van der Waals surface area (Å²) in [5.41, 5.74) is 0. The summed E-state index contributed by atoms with van der Waals surface area (Å²) in [5, 5.41) is -0.537. The molecule has 0 saturated carbocycles. The molecule has 3 atom stereocenters. The van der Waals surface area contributed by atoms with Crippen molar-refractivity contribution in [3.05, 3.63) is 0 Å². The van der Waals surface area contributed by atoms with Crippen LogP contribution in [0.3, 0.4) is 0 Å². The molecule has 0 aromatic rings. The molecular formula is C9H18Cl3O4P. The molecular weight excluding hydrogens is 309 g/mol. The third kappa shape index (κ3) is 7.22. The highest BCUT2D eigenvalue weighted by Crippen LogP contribution is 2.38. The fourth-order valence-corrected chi connectivity index (χ4v) is 3.17. The molecule has 4 nitrogen and oxygen atoms in total. The molecule has 2 N–H and O–H groups in total. The SMILES string of the molecule is CC(CCl)C(C(C)CCl)C(Cl)COP(=O)(O)O. The Bertz CT molecular complexity index is 251. The second kappa shape index (κ2) is 8.21. The van der Waals surface area contributed by atoms with E-state index in [0.29, 0.717) is 11.8 Å². The van der Waals surface area contributed by atoms with Gasteiger partial charge in [0.25, 0.3) is 0 Å². The lowest BCUT2D eigenvalue weighted by atomic mass is 9.83. The summed E-state index contributed by atoms with van der Waals surface area (Å²) in [7, 11) is -4.49. The first-order valence-corrected chi connectivity index (χ1v) is 8.22. The van der Waals surface area contributed by atoms with Crippen molar-refractivity contribution < 1.29 is 18.9 Å². The van der Waals surface area contributed by atoms with E-state index in [-0.39, 0.29) is 24.4 Å². The molecule has 0 fully saturated rings. The number of alkyl halides is 3. The lowest BCUT2D eigenvalue weighted by Gasteiger charge is -2.31. The highest BCUT2D eigenvalue weighted by atomic mass is 35.5. The van der Waals surface area contributed by atoms with E-state index < -0.39 is 13.2 Å². The Morgan fingerprint density at radius 2 is 1.59 bits per heavy atom. The van der Waals surface area contributed by atoms with Crippen molar-refractivity contribution in [2.75, 3.05) is 18.4 Å². The number of phosphoric acid groups is 1.